The van der Waals surface area contributed by atoms with Gasteiger partial charge in [-0.3, -0.25) is 10.1 Å². The Bertz CT molecular complexity index is 1530. The molecule has 0 amide bonds. The number of aryl methyl sites for hydroxylation is 2. The van der Waals surface area contributed by atoms with Crippen molar-refractivity contribution in [2.75, 3.05) is 10.6 Å². The maximum absolute atomic E-state index is 12.1. The zero-order chi connectivity index (χ0) is 26.7. The molecule has 0 spiro atoms. The van der Waals surface area contributed by atoms with E-state index in [1.807, 2.05) is 39.0 Å². The highest BCUT2D eigenvalue weighted by Crippen LogP contribution is 2.38. The molecule has 0 aliphatic rings. The molecule has 3 aromatic carbocycles. The highest BCUT2D eigenvalue weighted by atomic mass is 35.5. The van der Waals surface area contributed by atoms with Gasteiger partial charge in [0.15, 0.2) is 0 Å². The van der Waals surface area contributed by atoms with E-state index in [-0.39, 0.29) is 17.3 Å². The van der Waals surface area contributed by atoms with Gasteiger partial charge < -0.3 is 10.6 Å². The number of nitro groups is 1. The van der Waals surface area contributed by atoms with Crippen molar-refractivity contribution in [1.82, 2.24) is 9.97 Å². The number of rotatable bonds is 7. The summed E-state index contributed by atoms with van der Waals surface area (Å²) in [6.07, 6.45) is 1.25. The van der Waals surface area contributed by atoms with Gasteiger partial charge in [0.05, 0.1) is 16.9 Å². The highest BCUT2D eigenvalue weighted by molar-refractivity contribution is 6.32. The molecule has 2 N–H and O–H groups in total. The van der Waals surface area contributed by atoms with Crippen LogP contribution in [0.5, 0.6) is 0 Å². The van der Waals surface area contributed by atoms with Crippen LogP contribution < -0.4 is 10.6 Å². The molecule has 10 heteroatoms. The van der Waals surface area contributed by atoms with E-state index < -0.39 is 10.8 Å². The number of benzene rings is 3. The summed E-state index contributed by atoms with van der Waals surface area (Å²) in [5.74, 6) is -0.544. The second-order valence-electron chi connectivity index (χ2n) is 8.48. The number of nitrogens with one attached hydrogen (secondary N) is 2. The molecule has 37 heavy (non-hydrogen) atoms. The molecular formula is C27H22Cl2N6O2. The lowest BCUT2D eigenvalue weighted by Gasteiger charge is -2.17. The molecule has 0 aliphatic heterocycles. The van der Waals surface area contributed by atoms with Crippen molar-refractivity contribution in [3.8, 4) is 6.07 Å². The van der Waals surface area contributed by atoms with Crippen LogP contribution in [0, 0.1) is 42.2 Å². The molecule has 8 nitrogen and oxygen atoms in total. The third-order valence-electron chi connectivity index (χ3n) is 6.10. The molecule has 0 saturated carbocycles. The summed E-state index contributed by atoms with van der Waals surface area (Å²) in [5, 5.41) is 28.9. The molecule has 0 bridgehead atoms. The fourth-order valence-corrected chi connectivity index (χ4v) is 4.31. The Morgan fingerprint density at radius 2 is 1.59 bits per heavy atom. The predicted molar refractivity (Wildman–Crippen MR) is 146 cm³/mol. The Balaban J connectivity index is 1.70. The van der Waals surface area contributed by atoms with Gasteiger partial charge in [-0.25, -0.2) is 9.97 Å². The van der Waals surface area contributed by atoms with Crippen LogP contribution >= 0.6 is 23.2 Å². The summed E-state index contributed by atoms with van der Waals surface area (Å²) in [6, 6.07) is 18.4. The number of nitriles is 1. The monoisotopic (exact) mass is 532 g/mol. The minimum atomic E-state index is -0.612. The molecule has 0 radical (unpaired) electrons. The van der Waals surface area contributed by atoms with Crippen molar-refractivity contribution in [3.05, 3.63) is 109 Å². The molecule has 0 aliphatic carbocycles. The van der Waals surface area contributed by atoms with Crippen LogP contribution in [0.15, 0.2) is 60.9 Å². The summed E-state index contributed by atoms with van der Waals surface area (Å²) in [7, 11) is 0. The van der Waals surface area contributed by atoms with Gasteiger partial charge in [-0.15, -0.1) is 0 Å². The standard InChI is InChI=1S/C27H22Cl2N6O2/c1-15-5-4-6-23(17(15)3)33-26-25(35(36)37)27(32-14-31-26)34-24-12-22(29)20(11-16(24)2)21(13-30)18-7-9-19(28)10-8-18/h4-12,14,21H,1-3H3,(H2,31,32,33,34). The van der Waals surface area contributed by atoms with Crippen molar-refractivity contribution < 1.29 is 4.92 Å². The first-order valence-corrected chi connectivity index (χ1v) is 12.0. The van der Waals surface area contributed by atoms with E-state index in [2.05, 4.69) is 26.7 Å². The van der Waals surface area contributed by atoms with Crippen LogP contribution in [-0.2, 0) is 0 Å². The zero-order valence-electron chi connectivity index (χ0n) is 20.2. The van der Waals surface area contributed by atoms with Gasteiger partial charge in [0.2, 0.25) is 11.6 Å². The van der Waals surface area contributed by atoms with Crippen LogP contribution in [0.25, 0.3) is 0 Å². The molecule has 1 heterocycles. The van der Waals surface area contributed by atoms with Crippen molar-refractivity contribution in [2.45, 2.75) is 26.7 Å². The maximum Gasteiger partial charge on any atom is 0.353 e. The molecule has 0 saturated heterocycles. The molecular weight excluding hydrogens is 511 g/mol. The van der Waals surface area contributed by atoms with Crippen LogP contribution in [-0.4, -0.2) is 14.9 Å². The Kier molecular flexibility index (Phi) is 7.58. The van der Waals surface area contributed by atoms with Gasteiger partial charge >= 0.3 is 5.69 Å². The van der Waals surface area contributed by atoms with Crippen LogP contribution in [0.4, 0.5) is 28.7 Å². The van der Waals surface area contributed by atoms with Crippen LogP contribution in [0.2, 0.25) is 10.0 Å². The maximum atomic E-state index is 12.1. The summed E-state index contributed by atoms with van der Waals surface area (Å²) < 4.78 is 0. The molecule has 1 aromatic heterocycles. The zero-order valence-corrected chi connectivity index (χ0v) is 21.7. The van der Waals surface area contributed by atoms with E-state index >= 15 is 0 Å². The van der Waals surface area contributed by atoms with Gasteiger partial charge in [0.25, 0.3) is 0 Å². The Hall–Kier alpha value is -4.19. The van der Waals surface area contributed by atoms with Gasteiger partial charge in [-0.05, 0) is 72.9 Å². The lowest BCUT2D eigenvalue weighted by Crippen LogP contribution is -2.07. The average Bonchev–Trinajstić information content (AvgIpc) is 2.86. The normalized spacial score (nSPS) is 11.5. The van der Waals surface area contributed by atoms with Crippen molar-refractivity contribution in [3.63, 3.8) is 0 Å². The van der Waals surface area contributed by atoms with Crippen molar-refractivity contribution in [2.24, 2.45) is 0 Å². The first kappa shape index (κ1) is 25.9. The lowest BCUT2D eigenvalue weighted by atomic mass is 9.91. The van der Waals surface area contributed by atoms with Gasteiger partial charge in [-0.2, -0.15) is 5.26 Å². The predicted octanol–water partition coefficient (Wildman–Crippen LogP) is 7.76. The average molecular weight is 533 g/mol. The molecule has 1 unspecified atom stereocenters. The van der Waals surface area contributed by atoms with E-state index in [4.69, 9.17) is 23.2 Å². The SMILES string of the molecule is Cc1cc(C(C#N)c2ccc(Cl)cc2)c(Cl)cc1Nc1ncnc(Nc2cccc(C)c2C)c1[N+](=O)[O-]. The van der Waals surface area contributed by atoms with Crippen molar-refractivity contribution >= 4 is 51.9 Å². The Labute approximate surface area is 224 Å². The summed E-state index contributed by atoms with van der Waals surface area (Å²) in [4.78, 5) is 19.8. The fraction of sp³-hybridized carbons (Fsp3) is 0.148. The van der Waals surface area contributed by atoms with Crippen molar-refractivity contribution in [1.29, 1.82) is 5.26 Å². The minimum absolute atomic E-state index is 0.00857. The third kappa shape index (κ3) is 5.48. The number of hydrogen-bond acceptors (Lipinski definition) is 7. The minimum Gasteiger partial charge on any atom is -0.334 e. The molecule has 1 atom stereocenters. The van der Waals surface area contributed by atoms with Gasteiger partial charge in [0.1, 0.15) is 6.33 Å². The number of halogens is 2. The second-order valence-corrected chi connectivity index (χ2v) is 9.32. The van der Waals surface area contributed by atoms with E-state index in [0.29, 0.717) is 27.0 Å². The lowest BCUT2D eigenvalue weighted by molar-refractivity contribution is -0.383. The van der Waals surface area contributed by atoms with E-state index in [0.717, 1.165) is 22.3 Å². The molecule has 0 fully saturated rings. The Morgan fingerprint density at radius 1 is 0.946 bits per heavy atom. The van der Waals surface area contributed by atoms with Gasteiger partial charge in [0, 0.05) is 21.4 Å². The first-order chi connectivity index (χ1) is 17.7. The molecule has 4 aromatic rings. The highest BCUT2D eigenvalue weighted by Gasteiger charge is 2.25. The third-order valence-corrected chi connectivity index (χ3v) is 6.68. The Morgan fingerprint density at radius 3 is 2.22 bits per heavy atom. The first-order valence-electron chi connectivity index (χ1n) is 11.2. The molecule has 186 valence electrons. The summed E-state index contributed by atoms with van der Waals surface area (Å²) in [6.45, 7) is 5.71. The number of anilines is 4. The number of nitrogens with zero attached hydrogens (tertiary/aromatic N) is 4. The second kappa shape index (κ2) is 10.8. The summed E-state index contributed by atoms with van der Waals surface area (Å²) >= 11 is 12.6. The number of aromatic nitrogens is 2. The van der Waals surface area contributed by atoms with E-state index in [9.17, 15) is 15.4 Å². The largest absolute Gasteiger partial charge is 0.353 e. The van der Waals surface area contributed by atoms with E-state index in [1.54, 1.807) is 36.4 Å². The van der Waals surface area contributed by atoms with Crippen LogP contribution in [0.1, 0.15) is 33.7 Å². The summed E-state index contributed by atoms with van der Waals surface area (Å²) in [5.41, 5.74) is 5.01. The smallest absolute Gasteiger partial charge is 0.334 e. The topological polar surface area (TPSA) is 117 Å². The number of hydrogen-bond donors (Lipinski definition) is 2. The molecule has 4 rings (SSSR count). The van der Waals surface area contributed by atoms with Gasteiger partial charge in [-0.1, -0.05) is 53.5 Å². The van der Waals surface area contributed by atoms with Crippen LogP contribution in [0.3, 0.4) is 0 Å². The van der Waals surface area contributed by atoms with E-state index in [1.165, 1.54) is 6.33 Å². The quantitative estimate of drug-likeness (QED) is 0.184. The fourth-order valence-electron chi connectivity index (χ4n) is 3.91.